The third-order valence-corrected chi connectivity index (χ3v) is 3.12. The van der Waals surface area contributed by atoms with E-state index in [1.165, 1.54) is 16.8 Å². The summed E-state index contributed by atoms with van der Waals surface area (Å²) in [4.78, 5) is 32.7. The molecular formula is C8H12N3O6P. The molecule has 0 spiro atoms. The summed E-state index contributed by atoms with van der Waals surface area (Å²) >= 11 is 0. The lowest BCUT2D eigenvalue weighted by Crippen LogP contribution is -2.29. The smallest absolute Gasteiger partial charge is 0.381 e. The van der Waals surface area contributed by atoms with Crippen molar-refractivity contribution in [3.05, 3.63) is 22.7 Å². The average molecular weight is 277 g/mol. The van der Waals surface area contributed by atoms with Crippen molar-refractivity contribution in [2.45, 2.75) is 18.7 Å². The molecule has 0 aliphatic carbocycles. The van der Waals surface area contributed by atoms with E-state index >= 15 is 0 Å². The van der Waals surface area contributed by atoms with Crippen LogP contribution in [0.25, 0.3) is 0 Å². The Bertz CT molecular complexity index is 540. The Hall–Kier alpha value is -1.25. The zero-order valence-corrected chi connectivity index (χ0v) is 10.1. The molecule has 2 atom stereocenters. The van der Waals surface area contributed by atoms with Crippen LogP contribution >= 0.6 is 7.60 Å². The monoisotopic (exact) mass is 277 g/mol. The third-order valence-electron chi connectivity index (χ3n) is 2.30. The molecule has 0 bridgehead atoms. The Balaban J connectivity index is 2.04. The van der Waals surface area contributed by atoms with Crippen molar-refractivity contribution in [2.24, 2.45) is 0 Å². The molecule has 1 fully saturated rings. The van der Waals surface area contributed by atoms with Gasteiger partial charge in [0.25, 0.3) is 6.03 Å². The number of anilines is 1. The molecule has 0 saturated carbocycles. The highest BCUT2D eigenvalue weighted by Gasteiger charge is 2.39. The minimum Gasteiger partial charge on any atom is -0.383 e. The molecule has 1 aliphatic heterocycles. The van der Waals surface area contributed by atoms with E-state index in [4.69, 9.17) is 25.0 Å². The van der Waals surface area contributed by atoms with Gasteiger partial charge in [0.15, 0.2) is 0 Å². The zero-order chi connectivity index (χ0) is 13.3. The van der Waals surface area contributed by atoms with Crippen molar-refractivity contribution < 1.29 is 23.8 Å². The summed E-state index contributed by atoms with van der Waals surface area (Å²) < 4.78 is 21.9. The third kappa shape index (κ3) is 2.95. The van der Waals surface area contributed by atoms with E-state index in [1.807, 2.05) is 0 Å². The fraction of sp³-hybridized carbons (Fsp3) is 0.500. The second kappa shape index (κ2) is 4.79. The molecule has 9 nitrogen and oxygen atoms in total. The molecule has 2 unspecified atom stereocenters. The van der Waals surface area contributed by atoms with Gasteiger partial charge in [0.05, 0.1) is 13.2 Å². The van der Waals surface area contributed by atoms with Crippen molar-refractivity contribution in [3.63, 3.8) is 0 Å². The molecule has 10 heteroatoms. The maximum absolute atomic E-state index is 11.4. The Morgan fingerprint density at radius 1 is 1.61 bits per heavy atom. The molecule has 100 valence electrons. The number of nitrogens with two attached hydrogens (primary N) is 1. The fourth-order valence-electron chi connectivity index (χ4n) is 1.51. The molecule has 1 aliphatic rings. The quantitative estimate of drug-likeness (QED) is 0.580. The van der Waals surface area contributed by atoms with E-state index in [-0.39, 0.29) is 19.0 Å². The number of nitrogen functional groups attached to an aromatic ring is 1. The summed E-state index contributed by atoms with van der Waals surface area (Å²) in [7, 11) is -4.44. The predicted octanol–water partition coefficient (Wildman–Crippen LogP) is -1.30. The van der Waals surface area contributed by atoms with Gasteiger partial charge in [-0.3, -0.25) is 9.13 Å². The molecule has 2 rings (SSSR count). The number of aromatic nitrogens is 2. The normalized spacial score (nSPS) is 24.3. The van der Waals surface area contributed by atoms with E-state index in [0.29, 0.717) is 0 Å². The predicted molar refractivity (Wildman–Crippen MR) is 59.6 cm³/mol. The molecule has 1 saturated heterocycles. The van der Waals surface area contributed by atoms with Gasteiger partial charge in [0, 0.05) is 6.20 Å². The highest BCUT2D eigenvalue weighted by Crippen LogP contribution is 2.45. The first-order valence-electron chi connectivity index (χ1n) is 5.01. The van der Waals surface area contributed by atoms with E-state index in [1.54, 1.807) is 0 Å². The highest BCUT2D eigenvalue weighted by molar-refractivity contribution is 7.52. The van der Waals surface area contributed by atoms with Gasteiger partial charge in [-0.1, -0.05) is 0 Å². The second-order valence-corrected chi connectivity index (χ2v) is 5.37. The summed E-state index contributed by atoms with van der Waals surface area (Å²) in [5.74, 6) is 0.105. The van der Waals surface area contributed by atoms with Gasteiger partial charge < -0.3 is 25.0 Å². The van der Waals surface area contributed by atoms with E-state index in [9.17, 15) is 9.36 Å². The molecule has 0 aromatic carbocycles. The van der Waals surface area contributed by atoms with Crippen molar-refractivity contribution >= 4 is 13.4 Å². The van der Waals surface area contributed by atoms with Crippen molar-refractivity contribution in [1.82, 2.24) is 9.55 Å². The number of nitrogens with zero attached hydrogens (tertiary/aromatic N) is 2. The van der Waals surface area contributed by atoms with Crippen LogP contribution in [0.2, 0.25) is 0 Å². The van der Waals surface area contributed by atoms with Crippen LogP contribution in [0, 0.1) is 0 Å². The van der Waals surface area contributed by atoms with E-state index < -0.39 is 25.4 Å². The maximum atomic E-state index is 11.4. The van der Waals surface area contributed by atoms with Gasteiger partial charge in [-0.25, -0.2) is 4.79 Å². The standard InChI is InChI=1S/C8H12N3O6P/c9-6-1-2-11(7(12)10-6)3-5-4-16-8(17-5)18(13,14)15/h1-2,5,8H,3-4H2,(H2,9,10,12)(H2,13,14,15). The molecule has 4 N–H and O–H groups in total. The van der Waals surface area contributed by atoms with Crippen molar-refractivity contribution in [3.8, 4) is 0 Å². The Kier molecular flexibility index (Phi) is 3.51. The number of hydrogen-bond acceptors (Lipinski definition) is 6. The number of hydrogen-bond donors (Lipinski definition) is 3. The lowest BCUT2D eigenvalue weighted by molar-refractivity contribution is -0.0150. The lowest BCUT2D eigenvalue weighted by atomic mass is 10.4. The van der Waals surface area contributed by atoms with Crippen molar-refractivity contribution in [1.29, 1.82) is 0 Å². The summed E-state index contributed by atoms with van der Waals surface area (Å²) in [5.41, 5.74) is 4.77. The summed E-state index contributed by atoms with van der Waals surface area (Å²) in [6, 6.07) is -0.127. The van der Waals surface area contributed by atoms with Crippen LogP contribution in [0.15, 0.2) is 17.1 Å². The van der Waals surface area contributed by atoms with Gasteiger partial charge in [0.1, 0.15) is 11.9 Å². The molecular weight excluding hydrogens is 265 g/mol. The Morgan fingerprint density at radius 2 is 2.33 bits per heavy atom. The van der Waals surface area contributed by atoms with Gasteiger partial charge in [0.2, 0.25) is 0 Å². The molecule has 2 heterocycles. The molecule has 1 aromatic heterocycles. The van der Waals surface area contributed by atoms with Gasteiger partial charge in [-0.2, -0.15) is 4.98 Å². The molecule has 18 heavy (non-hydrogen) atoms. The average Bonchev–Trinajstić information content (AvgIpc) is 2.70. The lowest BCUT2D eigenvalue weighted by Gasteiger charge is -2.13. The first-order valence-corrected chi connectivity index (χ1v) is 6.69. The number of rotatable bonds is 3. The highest BCUT2D eigenvalue weighted by atomic mass is 31.2. The van der Waals surface area contributed by atoms with Crippen LogP contribution in [-0.4, -0.2) is 38.1 Å². The minimum atomic E-state index is -4.44. The second-order valence-electron chi connectivity index (χ2n) is 3.77. The van der Waals surface area contributed by atoms with E-state index in [2.05, 4.69) is 4.98 Å². The van der Waals surface area contributed by atoms with Crippen LogP contribution in [0.3, 0.4) is 0 Å². The topological polar surface area (TPSA) is 137 Å². The van der Waals surface area contributed by atoms with Gasteiger partial charge in [-0.05, 0) is 6.07 Å². The van der Waals surface area contributed by atoms with Crippen molar-refractivity contribution in [2.75, 3.05) is 12.3 Å². The van der Waals surface area contributed by atoms with E-state index in [0.717, 1.165) is 0 Å². The first kappa shape index (κ1) is 13.2. The van der Waals surface area contributed by atoms with Gasteiger partial charge in [-0.15, -0.1) is 0 Å². The van der Waals surface area contributed by atoms with Crippen LogP contribution in [0.5, 0.6) is 0 Å². The summed E-state index contributed by atoms with van der Waals surface area (Å²) in [6.07, 6.45) is 0.810. The van der Waals surface area contributed by atoms with Crippen LogP contribution in [0.4, 0.5) is 5.82 Å². The summed E-state index contributed by atoms with van der Waals surface area (Å²) in [6.45, 7) is 0.0786. The maximum Gasteiger partial charge on any atom is 0.381 e. The zero-order valence-electron chi connectivity index (χ0n) is 9.17. The SMILES string of the molecule is Nc1ccn(CC2COC(P(=O)(O)O)O2)c(=O)n1. The van der Waals surface area contributed by atoms with Crippen LogP contribution < -0.4 is 11.4 Å². The van der Waals surface area contributed by atoms with Gasteiger partial charge >= 0.3 is 13.3 Å². The molecule has 0 amide bonds. The minimum absolute atomic E-state index is 0.00735. The Labute approximate surface area is 101 Å². The summed E-state index contributed by atoms with van der Waals surface area (Å²) in [5, 5.41) is 0. The van der Waals surface area contributed by atoms with Crippen LogP contribution in [-0.2, 0) is 20.6 Å². The first-order chi connectivity index (χ1) is 8.36. The fourth-order valence-corrected chi connectivity index (χ4v) is 2.12. The number of ether oxygens (including phenoxy) is 2. The molecule has 1 aromatic rings. The molecule has 0 radical (unpaired) electrons. The Morgan fingerprint density at radius 3 is 2.89 bits per heavy atom. The largest absolute Gasteiger partial charge is 0.383 e. The van der Waals surface area contributed by atoms with Crippen LogP contribution in [0.1, 0.15) is 0 Å².